The van der Waals surface area contributed by atoms with Crippen LogP contribution in [-0.4, -0.2) is 66.6 Å². The lowest BCUT2D eigenvalue weighted by Crippen LogP contribution is -2.55. The zero-order chi connectivity index (χ0) is 15.5. The zero-order valence-electron chi connectivity index (χ0n) is 13.9. The topological polar surface area (TPSA) is 61.6 Å². The fraction of sp³-hybridized carbons (Fsp3) is 0.938. The molecule has 5 heteroatoms. The minimum absolute atomic E-state index is 0.232. The van der Waals surface area contributed by atoms with Crippen LogP contribution in [0.15, 0.2) is 0 Å². The van der Waals surface area contributed by atoms with Crippen LogP contribution in [0.25, 0.3) is 0 Å². The molecule has 0 aromatic heterocycles. The van der Waals surface area contributed by atoms with E-state index in [-0.39, 0.29) is 5.91 Å². The Bertz CT molecular complexity index is 362. The van der Waals surface area contributed by atoms with Gasteiger partial charge in [0.05, 0.1) is 5.54 Å². The third kappa shape index (κ3) is 3.96. The molecule has 0 aliphatic carbocycles. The minimum Gasteiger partial charge on any atom is -0.368 e. The first-order chi connectivity index (χ1) is 9.96. The Balaban J connectivity index is 1.87. The molecule has 0 radical (unpaired) electrons. The van der Waals surface area contributed by atoms with Gasteiger partial charge in [-0.1, -0.05) is 6.92 Å². The van der Waals surface area contributed by atoms with Crippen molar-refractivity contribution in [3.8, 4) is 0 Å². The molecule has 5 nitrogen and oxygen atoms in total. The van der Waals surface area contributed by atoms with E-state index in [1.807, 2.05) is 6.92 Å². The summed E-state index contributed by atoms with van der Waals surface area (Å²) in [6.45, 7) is 8.13. The summed E-state index contributed by atoms with van der Waals surface area (Å²) in [5.74, 6) is -0.232. The molecular formula is C16H32N4O. The van der Waals surface area contributed by atoms with E-state index in [4.69, 9.17) is 5.73 Å². The highest BCUT2D eigenvalue weighted by Crippen LogP contribution is 2.28. The largest absolute Gasteiger partial charge is 0.368 e. The lowest BCUT2D eigenvalue weighted by Gasteiger charge is -2.32. The molecule has 0 spiro atoms. The van der Waals surface area contributed by atoms with Gasteiger partial charge in [0, 0.05) is 25.2 Å². The standard InChI is InChI=1S/C16H32N4O/c1-4-9-18-16(2,15(17)21)8-11-20-10-7-13-5-6-14(12-20)19(13)3/h13-14,18H,4-12H2,1-3H3,(H2,17,21). The number of amides is 1. The molecule has 2 heterocycles. The summed E-state index contributed by atoms with van der Waals surface area (Å²) in [4.78, 5) is 16.9. The molecule has 2 saturated heterocycles. The molecule has 2 rings (SSSR count). The number of hydrogen-bond acceptors (Lipinski definition) is 4. The molecule has 0 aromatic rings. The molecule has 0 saturated carbocycles. The number of nitrogens with two attached hydrogens (primary N) is 1. The average Bonchev–Trinajstić information content (AvgIpc) is 2.69. The van der Waals surface area contributed by atoms with E-state index in [1.54, 1.807) is 0 Å². The number of nitrogens with zero attached hydrogens (tertiary/aromatic N) is 2. The van der Waals surface area contributed by atoms with Crippen LogP contribution in [0.5, 0.6) is 0 Å². The number of likely N-dealkylation sites (N-methyl/N-ethyl adjacent to an activating group) is 1. The van der Waals surface area contributed by atoms with Crippen molar-refractivity contribution < 1.29 is 4.79 Å². The number of likely N-dealkylation sites (tertiary alicyclic amines) is 1. The normalized spacial score (nSPS) is 30.0. The maximum atomic E-state index is 11.8. The Hall–Kier alpha value is -0.650. The van der Waals surface area contributed by atoms with Gasteiger partial charge < -0.3 is 16.0 Å². The Kier molecular flexibility index (Phi) is 5.63. The highest BCUT2D eigenvalue weighted by molar-refractivity contribution is 5.84. The van der Waals surface area contributed by atoms with Crippen LogP contribution >= 0.6 is 0 Å². The lowest BCUT2D eigenvalue weighted by atomic mass is 9.96. The molecule has 2 aliphatic rings. The fourth-order valence-corrected chi connectivity index (χ4v) is 3.66. The van der Waals surface area contributed by atoms with Crippen molar-refractivity contribution in [3.05, 3.63) is 0 Å². The van der Waals surface area contributed by atoms with Gasteiger partial charge >= 0.3 is 0 Å². The number of carbonyl (C=O) groups excluding carboxylic acids is 1. The fourth-order valence-electron chi connectivity index (χ4n) is 3.66. The molecule has 3 atom stereocenters. The molecule has 122 valence electrons. The third-order valence-electron chi connectivity index (χ3n) is 5.47. The maximum absolute atomic E-state index is 11.8. The lowest BCUT2D eigenvalue weighted by molar-refractivity contribution is -0.124. The van der Waals surface area contributed by atoms with Crippen LogP contribution in [0.1, 0.15) is 46.0 Å². The quantitative estimate of drug-likeness (QED) is 0.729. The van der Waals surface area contributed by atoms with E-state index < -0.39 is 5.54 Å². The van der Waals surface area contributed by atoms with Gasteiger partial charge in [-0.25, -0.2) is 0 Å². The van der Waals surface area contributed by atoms with Gasteiger partial charge in [-0.15, -0.1) is 0 Å². The van der Waals surface area contributed by atoms with Crippen molar-refractivity contribution in [2.24, 2.45) is 5.73 Å². The predicted molar refractivity (Wildman–Crippen MR) is 86.1 cm³/mol. The molecule has 1 amide bonds. The first-order valence-corrected chi connectivity index (χ1v) is 8.45. The van der Waals surface area contributed by atoms with Crippen molar-refractivity contribution in [1.29, 1.82) is 0 Å². The highest BCUT2D eigenvalue weighted by atomic mass is 16.1. The van der Waals surface area contributed by atoms with Gasteiger partial charge in [0.1, 0.15) is 0 Å². The van der Waals surface area contributed by atoms with Gasteiger partial charge in [-0.3, -0.25) is 9.69 Å². The number of carbonyl (C=O) groups is 1. The van der Waals surface area contributed by atoms with E-state index in [1.165, 1.54) is 19.3 Å². The van der Waals surface area contributed by atoms with Crippen LogP contribution in [0, 0.1) is 0 Å². The second kappa shape index (κ2) is 7.07. The molecular weight excluding hydrogens is 264 g/mol. The van der Waals surface area contributed by atoms with Gasteiger partial charge in [-0.2, -0.15) is 0 Å². The van der Waals surface area contributed by atoms with Gasteiger partial charge in [-0.05, 0) is 59.2 Å². The van der Waals surface area contributed by atoms with Crippen molar-refractivity contribution in [2.45, 2.75) is 63.6 Å². The zero-order valence-corrected chi connectivity index (χ0v) is 13.9. The number of primary amides is 1. The van der Waals surface area contributed by atoms with Crippen molar-refractivity contribution in [2.75, 3.05) is 33.2 Å². The number of fused-ring (bicyclic) bond motifs is 2. The van der Waals surface area contributed by atoms with E-state index in [2.05, 4.69) is 29.1 Å². The number of rotatable bonds is 7. The van der Waals surface area contributed by atoms with Crippen LogP contribution in [0.2, 0.25) is 0 Å². The second-order valence-corrected chi connectivity index (χ2v) is 7.01. The van der Waals surface area contributed by atoms with E-state index >= 15 is 0 Å². The summed E-state index contributed by atoms with van der Waals surface area (Å²) in [6, 6.07) is 1.46. The monoisotopic (exact) mass is 296 g/mol. The highest BCUT2D eigenvalue weighted by Gasteiger charge is 2.36. The van der Waals surface area contributed by atoms with Crippen molar-refractivity contribution >= 4 is 5.91 Å². The molecule has 2 aliphatic heterocycles. The predicted octanol–water partition coefficient (Wildman–Crippen LogP) is 0.789. The Morgan fingerprint density at radius 3 is 2.71 bits per heavy atom. The second-order valence-electron chi connectivity index (χ2n) is 7.01. The summed E-state index contributed by atoms with van der Waals surface area (Å²) in [6.07, 6.45) is 5.73. The van der Waals surface area contributed by atoms with Gasteiger partial charge in [0.15, 0.2) is 0 Å². The maximum Gasteiger partial charge on any atom is 0.237 e. The van der Waals surface area contributed by atoms with E-state index in [9.17, 15) is 4.79 Å². The molecule has 2 fully saturated rings. The Morgan fingerprint density at radius 1 is 1.33 bits per heavy atom. The van der Waals surface area contributed by atoms with E-state index in [0.717, 1.165) is 45.1 Å². The first kappa shape index (κ1) is 16.7. The van der Waals surface area contributed by atoms with Crippen molar-refractivity contribution in [3.63, 3.8) is 0 Å². The van der Waals surface area contributed by atoms with Crippen molar-refractivity contribution in [1.82, 2.24) is 15.1 Å². The molecule has 0 aromatic carbocycles. The summed E-state index contributed by atoms with van der Waals surface area (Å²) < 4.78 is 0. The molecule has 3 N–H and O–H groups in total. The SMILES string of the molecule is CCCNC(C)(CCN1CCC2CCC(C1)N2C)C(N)=O. The van der Waals surface area contributed by atoms with Gasteiger partial charge in [0.2, 0.25) is 5.91 Å². The minimum atomic E-state index is -0.576. The van der Waals surface area contributed by atoms with E-state index in [0.29, 0.717) is 6.04 Å². The summed E-state index contributed by atoms with van der Waals surface area (Å²) >= 11 is 0. The average molecular weight is 296 g/mol. The molecule has 2 bridgehead atoms. The molecule has 3 unspecified atom stereocenters. The number of nitrogens with one attached hydrogen (secondary N) is 1. The van der Waals surface area contributed by atoms with Crippen LogP contribution in [0.3, 0.4) is 0 Å². The summed E-state index contributed by atoms with van der Waals surface area (Å²) in [5.41, 5.74) is 5.04. The van der Waals surface area contributed by atoms with Gasteiger partial charge in [0.25, 0.3) is 0 Å². The third-order valence-corrected chi connectivity index (χ3v) is 5.47. The van der Waals surface area contributed by atoms with Crippen LogP contribution < -0.4 is 11.1 Å². The molecule has 21 heavy (non-hydrogen) atoms. The first-order valence-electron chi connectivity index (χ1n) is 8.45. The summed E-state index contributed by atoms with van der Waals surface area (Å²) in [5, 5.41) is 3.33. The Morgan fingerprint density at radius 2 is 2.05 bits per heavy atom. The number of hydrogen-bond donors (Lipinski definition) is 2. The smallest absolute Gasteiger partial charge is 0.237 e. The van der Waals surface area contributed by atoms with Crippen LogP contribution in [-0.2, 0) is 4.79 Å². The Labute approximate surface area is 129 Å². The summed E-state index contributed by atoms with van der Waals surface area (Å²) in [7, 11) is 2.27. The van der Waals surface area contributed by atoms with Crippen LogP contribution in [0.4, 0.5) is 0 Å².